The van der Waals surface area contributed by atoms with Gasteiger partial charge in [-0.3, -0.25) is 14.4 Å². The molecule has 0 bridgehead atoms. The number of rotatable bonds is 2. The van der Waals surface area contributed by atoms with E-state index in [1.54, 1.807) is 24.3 Å². The van der Waals surface area contributed by atoms with Gasteiger partial charge in [-0.25, -0.2) is 4.90 Å². The fourth-order valence-corrected chi connectivity index (χ4v) is 3.84. The van der Waals surface area contributed by atoms with Crippen molar-refractivity contribution in [1.82, 2.24) is 10.6 Å². The first-order valence-corrected chi connectivity index (χ1v) is 8.71. The number of nitrogens with two attached hydrogens (primary N) is 1. The second kappa shape index (κ2) is 7.07. The maximum atomic E-state index is 12.6. The van der Waals surface area contributed by atoms with E-state index in [-0.39, 0.29) is 17.1 Å². The zero-order chi connectivity index (χ0) is 19.7. The summed E-state index contributed by atoms with van der Waals surface area (Å²) in [7, 11) is 0. The fourth-order valence-electron chi connectivity index (χ4n) is 3.84. The number of amides is 3. The van der Waals surface area contributed by atoms with Crippen LogP contribution in [0.2, 0.25) is 0 Å². The molecular formula is C19H28N4O3. The molecule has 3 amide bonds. The summed E-state index contributed by atoms with van der Waals surface area (Å²) in [6.45, 7) is 9.49. The van der Waals surface area contributed by atoms with Gasteiger partial charge in [-0.05, 0) is 64.8 Å². The fraction of sp³-hybridized carbons (Fsp3) is 0.526. The molecule has 1 heterocycles. The lowest BCUT2D eigenvalue weighted by atomic mass is 9.79. The lowest BCUT2D eigenvalue weighted by molar-refractivity contribution is -0.140. The van der Waals surface area contributed by atoms with E-state index in [1.165, 1.54) is 6.92 Å². The smallest absolute Gasteiger partial charge is 0.323 e. The maximum Gasteiger partial charge on any atom is 0.323 e. The molecule has 142 valence electrons. The van der Waals surface area contributed by atoms with Gasteiger partial charge in [0.2, 0.25) is 5.91 Å². The zero-order valence-electron chi connectivity index (χ0n) is 16.1. The van der Waals surface area contributed by atoms with Crippen LogP contribution in [0.5, 0.6) is 0 Å². The highest BCUT2D eigenvalue weighted by molar-refractivity contribution is 6.45. The Labute approximate surface area is 154 Å². The van der Waals surface area contributed by atoms with Crippen LogP contribution < -0.4 is 21.3 Å². The average Bonchev–Trinajstić information content (AvgIpc) is 2.45. The number of hydrogen-bond donors (Lipinski definition) is 3. The van der Waals surface area contributed by atoms with E-state index in [0.717, 1.165) is 4.90 Å². The SMILES string of the molecule is CC(=O)N(C(=O)C(=O)NC1CC(C)(C)NC(C)(C)C1)c1ccc(N)cc1. The van der Waals surface area contributed by atoms with Gasteiger partial charge < -0.3 is 16.4 Å². The van der Waals surface area contributed by atoms with Crippen molar-refractivity contribution in [3.05, 3.63) is 24.3 Å². The molecule has 0 unspecified atom stereocenters. The van der Waals surface area contributed by atoms with Gasteiger partial charge in [-0.15, -0.1) is 0 Å². The summed E-state index contributed by atoms with van der Waals surface area (Å²) in [6, 6.07) is 6.08. The topological polar surface area (TPSA) is 105 Å². The van der Waals surface area contributed by atoms with Crippen molar-refractivity contribution in [3.63, 3.8) is 0 Å². The molecule has 1 aliphatic heterocycles. The Morgan fingerprint density at radius 3 is 2.04 bits per heavy atom. The molecule has 0 aliphatic carbocycles. The van der Waals surface area contributed by atoms with Crippen LogP contribution in [0, 0.1) is 0 Å². The standard InChI is InChI=1S/C19H28N4O3/c1-12(24)23(15-8-6-13(20)7-9-15)17(26)16(25)21-14-10-18(2,3)22-19(4,5)11-14/h6-9,14,22H,10-11,20H2,1-5H3,(H,21,25). The molecular weight excluding hydrogens is 332 g/mol. The van der Waals surface area contributed by atoms with E-state index < -0.39 is 17.7 Å². The molecule has 2 rings (SSSR count). The summed E-state index contributed by atoms with van der Waals surface area (Å²) in [6.07, 6.45) is 1.38. The molecule has 0 saturated carbocycles. The van der Waals surface area contributed by atoms with Crippen LogP contribution in [0.4, 0.5) is 11.4 Å². The number of carbonyl (C=O) groups excluding carboxylic acids is 3. The van der Waals surface area contributed by atoms with Crippen LogP contribution in [0.3, 0.4) is 0 Å². The Balaban J connectivity index is 2.15. The minimum absolute atomic E-state index is 0.155. The van der Waals surface area contributed by atoms with E-state index >= 15 is 0 Å². The first kappa shape index (κ1) is 19.9. The number of nitrogens with zero attached hydrogens (tertiary/aromatic N) is 1. The van der Waals surface area contributed by atoms with Gasteiger partial charge >= 0.3 is 11.8 Å². The van der Waals surface area contributed by atoms with Gasteiger partial charge in [-0.2, -0.15) is 0 Å². The Morgan fingerprint density at radius 1 is 1.08 bits per heavy atom. The molecule has 1 saturated heterocycles. The number of carbonyl (C=O) groups is 3. The Kier molecular flexibility index (Phi) is 5.41. The van der Waals surface area contributed by atoms with Gasteiger partial charge in [0.1, 0.15) is 0 Å². The van der Waals surface area contributed by atoms with Crippen molar-refractivity contribution >= 4 is 29.1 Å². The molecule has 4 N–H and O–H groups in total. The third-order valence-electron chi connectivity index (χ3n) is 4.39. The number of imide groups is 1. The largest absolute Gasteiger partial charge is 0.399 e. The lowest BCUT2D eigenvalue weighted by Gasteiger charge is -2.46. The Hall–Kier alpha value is -2.41. The van der Waals surface area contributed by atoms with Crippen molar-refractivity contribution in [3.8, 4) is 0 Å². The third kappa shape index (κ3) is 4.82. The van der Waals surface area contributed by atoms with Crippen molar-refractivity contribution < 1.29 is 14.4 Å². The van der Waals surface area contributed by atoms with Crippen LogP contribution in [-0.4, -0.2) is 34.8 Å². The number of hydrogen-bond acceptors (Lipinski definition) is 5. The molecule has 7 nitrogen and oxygen atoms in total. The number of nitrogen functional groups attached to an aromatic ring is 1. The predicted octanol–water partition coefficient (Wildman–Crippen LogP) is 1.57. The van der Waals surface area contributed by atoms with Crippen LogP contribution >= 0.6 is 0 Å². The van der Waals surface area contributed by atoms with Crippen molar-refractivity contribution in [2.45, 2.75) is 64.6 Å². The quantitative estimate of drug-likeness (QED) is 0.549. The number of piperidine rings is 1. The minimum atomic E-state index is -0.892. The van der Waals surface area contributed by atoms with Crippen LogP contribution in [0.1, 0.15) is 47.5 Å². The highest BCUT2D eigenvalue weighted by Crippen LogP contribution is 2.28. The van der Waals surface area contributed by atoms with E-state index in [2.05, 4.69) is 38.3 Å². The first-order valence-electron chi connectivity index (χ1n) is 8.71. The van der Waals surface area contributed by atoms with Crippen molar-refractivity contribution in [1.29, 1.82) is 0 Å². The summed E-state index contributed by atoms with van der Waals surface area (Å²) < 4.78 is 0. The summed E-state index contributed by atoms with van der Waals surface area (Å²) in [5.74, 6) is -2.20. The molecule has 7 heteroatoms. The van der Waals surface area contributed by atoms with Crippen molar-refractivity contribution in [2.75, 3.05) is 10.6 Å². The highest BCUT2D eigenvalue weighted by atomic mass is 16.2. The maximum absolute atomic E-state index is 12.6. The minimum Gasteiger partial charge on any atom is -0.399 e. The van der Waals surface area contributed by atoms with Crippen LogP contribution in [0.25, 0.3) is 0 Å². The zero-order valence-corrected chi connectivity index (χ0v) is 16.1. The Bertz CT molecular complexity index is 694. The summed E-state index contributed by atoms with van der Waals surface area (Å²) in [5, 5.41) is 6.32. The molecule has 1 fully saturated rings. The normalized spacial score (nSPS) is 18.8. The number of anilines is 2. The predicted molar refractivity (Wildman–Crippen MR) is 101 cm³/mol. The van der Waals surface area contributed by atoms with Crippen molar-refractivity contribution in [2.24, 2.45) is 0 Å². The first-order chi connectivity index (χ1) is 11.9. The van der Waals surface area contributed by atoms with Gasteiger partial charge in [0.25, 0.3) is 0 Å². The van der Waals surface area contributed by atoms with E-state index in [0.29, 0.717) is 24.2 Å². The van der Waals surface area contributed by atoms with Crippen LogP contribution in [-0.2, 0) is 14.4 Å². The Morgan fingerprint density at radius 2 is 1.58 bits per heavy atom. The summed E-state index contributed by atoms with van der Waals surface area (Å²) in [5.41, 5.74) is 6.13. The second-order valence-corrected chi connectivity index (χ2v) is 8.22. The lowest BCUT2D eigenvalue weighted by Crippen LogP contribution is -2.63. The monoisotopic (exact) mass is 360 g/mol. The van der Waals surface area contributed by atoms with Gasteiger partial charge in [0, 0.05) is 29.7 Å². The molecule has 1 aromatic rings. The molecule has 1 aromatic carbocycles. The average molecular weight is 360 g/mol. The molecule has 1 aliphatic rings. The van der Waals surface area contributed by atoms with E-state index in [9.17, 15) is 14.4 Å². The number of benzene rings is 1. The van der Waals surface area contributed by atoms with Crippen LogP contribution in [0.15, 0.2) is 24.3 Å². The summed E-state index contributed by atoms with van der Waals surface area (Å²) >= 11 is 0. The number of nitrogens with one attached hydrogen (secondary N) is 2. The van der Waals surface area contributed by atoms with Gasteiger partial charge in [-0.1, -0.05) is 0 Å². The van der Waals surface area contributed by atoms with Gasteiger partial charge in [0.05, 0.1) is 5.69 Å². The molecule has 0 spiro atoms. The second-order valence-electron chi connectivity index (χ2n) is 8.22. The molecule has 0 atom stereocenters. The van der Waals surface area contributed by atoms with Gasteiger partial charge in [0.15, 0.2) is 0 Å². The van der Waals surface area contributed by atoms with E-state index in [4.69, 9.17) is 5.73 Å². The third-order valence-corrected chi connectivity index (χ3v) is 4.39. The molecule has 26 heavy (non-hydrogen) atoms. The summed E-state index contributed by atoms with van der Waals surface area (Å²) in [4.78, 5) is 38.0. The molecule has 0 radical (unpaired) electrons. The molecule has 0 aromatic heterocycles. The van der Waals surface area contributed by atoms with E-state index in [1.807, 2.05) is 0 Å². The highest BCUT2D eigenvalue weighted by Gasteiger charge is 2.39.